The van der Waals surface area contributed by atoms with Crippen molar-refractivity contribution in [3.05, 3.63) is 53.1 Å². The SMILES string of the molecule is CSc1ccccc1C(=O)N(CCC[NH+](C)C)c1nc2c(C)ccc(C)c2s1. The number of nitrogens with zero attached hydrogens (tertiary/aromatic N) is 2. The molecule has 0 unspecified atom stereocenters. The molecule has 1 aromatic heterocycles. The maximum Gasteiger partial charge on any atom is 0.261 e. The van der Waals surface area contributed by atoms with E-state index in [1.807, 2.05) is 35.4 Å². The zero-order valence-electron chi connectivity index (χ0n) is 17.2. The van der Waals surface area contributed by atoms with Gasteiger partial charge in [0, 0.05) is 17.9 Å². The zero-order valence-corrected chi connectivity index (χ0v) is 18.8. The van der Waals surface area contributed by atoms with Gasteiger partial charge in [-0.25, -0.2) is 4.98 Å². The second kappa shape index (κ2) is 9.07. The Morgan fingerprint density at radius 1 is 1.14 bits per heavy atom. The highest BCUT2D eigenvalue weighted by Crippen LogP contribution is 2.34. The first-order valence-electron chi connectivity index (χ1n) is 9.53. The van der Waals surface area contributed by atoms with E-state index in [0.29, 0.717) is 6.54 Å². The number of aromatic nitrogens is 1. The number of rotatable bonds is 7. The van der Waals surface area contributed by atoms with Crippen molar-refractivity contribution in [3.8, 4) is 0 Å². The van der Waals surface area contributed by atoms with Crippen LogP contribution in [0.1, 0.15) is 27.9 Å². The summed E-state index contributed by atoms with van der Waals surface area (Å²) < 4.78 is 1.17. The van der Waals surface area contributed by atoms with Crippen molar-refractivity contribution in [2.24, 2.45) is 0 Å². The van der Waals surface area contributed by atoms with E-state index in [1.165, 1.54) is 15.2 Å². The molecule has 0 atom stereocenters. The van der Waals surface area contributed by atoms with Gasteiger partial charge in [-0.2, -0.15) is 0 Å². The van der Waals surface area contributed by atoms with Crippen molar-refractivity contribution in [3.63, 3.8) is 0 Å². The maximum absolute atomic E-state index is 13.5. The van der Waals surface area contributed by atoms with Crippen LogP contribution >= 0.6 is 23.1 Å². The summed E-state index contributed by atoms with van der Waals surface area (Å²) in [6.45, 7) is 5.87. The average Bonchev–Trinajstić information content (AvgIpc) is 3.14. The van der Waals surface area contributed by atoms with Gasteiger partial charge in [-0.1, -0.05) is 35.6 Å². The maximum atomic E-state index is 13.5. The van der Waals surface area contributed by atoms with Crippen LogP contribution in [-0.2, 0) is 0 Å². The van der Waals surface area contributed by atoms with Crippen LogP contribution in [0.25, 0.3) is 10.2 Å². The molecular weight excluding hydrogens is 386 g/mol. The first kappa shape index (κ1) is 20.8. The van der Waals surface area contributed by atoms with E-state index >= 15 is 0 Å². The second-order valence-corrected chi connectivity index (χ2v) is 9.17. The highest BCUT2D eigenvalue weighted by Gasteiger charge is 2.24. The summed E-state index contributed by atoms with van der Waals surface area (Å²) in [6.07, 6.45) is 2.94. The number of amides is 1. The number of nitrogens with one attached hydrogen (secondary N) is 1. The molecule has 0 radical (unpaired) electrons. The van der Waals surface area contributed by atoms with Crippen LogP contribution in [0, 0.1) is 13.8 Å². The fraction of sp³-hybridized carbons (Fsp3) is 0.364. The molecule has 0 fully saturated rings. The van der Waals surface area contributed by atoms with Crippen LogP contribution in [-0.4, -0.2) is 44.3 Å². The van der Waals surface area contributed by atoms with E-state index in [0.717, 1.165) is 39.6 Å². The fourth-order valence-electron chi connectivity index (χ4n) is 3.20. The summed E-state index contributed by atoms with van der Waals surface area (Å²) in [7, 11) is 4.28. The highest BCUT2D eigenvalue weighted by molar-refractivity contribution is 7.98. The van der Waals surface area contributed by atoms with E-state index in [2.05, 4.69) is 40.1 Å². The molecule has 0 aliphatic heterocycles. The Morgan fingerprint density at radius 3 is 2.54 bits per heavy atom. The third-order valence-corrected chi connectivity index (χ3v) is 6.81. The predicted octanol–water partition coefficient (Wildman–Crippen LogP) is 3.82. The fourth-order valence-corrected chi connectivity index (χ4v) is 4.93. The minimum atomic E-state index is 0.0352. The minimum absolute atomic E-state index is 0.0352. The number of thiazole rings is 1. The molecule has 3 rings (SSSR count). The molecule has 0 saturated carbocycles. The molecule has 28 heavy (non-hydrogen) atoms. The molecule has 1 amide bonds. The van der Waals surface area contributed by atoms with Crippen molar-refractivity contribution in [1.82, 2.24) is 4.98 Å². The average molecular weight is 415 g/mol. The number of benzene rings is 2. The van der Waals surface area contributed by atoms with Crippen molar-refractivity contribution < 1.29 is 9.69 Å². The normalized spacial score (nSPS) is 11.4. The first-order chi connectivity index (χ1) is 13.4. The number of carbonyl (C=O) groups excluding carboxylic acids is 1. The van der Waals surface area contributed by atoms with Gasteiger partial charge in [0.05, 0.1) is 36.4 Å². The first-order valence-corrected chi connectivity index (χ1v) is 11.6. The van der Waals surface area contributed by atoms with Crippen LogP contribution in [0.15, 0.2) is 41.3 Å². The van der Waals surface area contributed by atoms with Crippen molar-refractivity contribution >= 4 is 44.4 Å². The summed E-state index contributed by atoms with van der Waals surface area (Å²) >= 11 is 3.23. The summed E-state index contributed by atoms with van der Waals surface area (Å²) in [6, 6.07) is 12.1. The Labute approximate surface area is 175 Å². The van der Waals surface area contributed by atoms with Crippen LogP contribution in [0.2, 0.25) is 0 Å². The van der Waals surface area contributed by atoms with Gasteiger partial charge in [0.2, 0.25) is 0 Å². The second-order valence-electron chi connectivity index (χ2n) is 7.34. The number of hydrogen-bond donors (Lipinski definition) is 1. The molecular formula is C22H28N3OS2+. The number of carbonyl (C=O) groups is 1. The van der Waals surface area contributed by atoms with Crippen LogP contribution < -0.4 is 9.80 Å². The molecule has 3 aromatic rings. The minimum Gasteiger partial charge on any atom is -0.340 e. The van der Waals surface area contributed by atoms with Crippen molar-refractivity contribution in [2.45, 2.75) is 25.2 Å². The van der Waals surface area contributed by atoms with Crippen molar-refractivity contribution in [1.29, 1.82) is 0 Å². The molecule has 148 valence electrons. The van der Waals surface area contributed by atoms with Crippen LogP contribution in [0.4, 0.5) is 5.13 Å². The molecule has 0 bridgehead atoms. The monoisotopic (exact) mass is 414 g/mol. The molecule has 0 saturated heterocycles. The van der Waals surface area contributed by atoms with Gasteiger partial charge in [0.1, 0.15) is 0 Å². The standard InChI is InChI=1S/C22H27N3OS2/c1-15-11-12-16(2)20-19(15)23-22(28-20)25(14-8-13-24(3)4)21(26)17-9-6-7-10-18(17)27-5/h6-7,9-12H,8,13-14H2,1-5H3/p+1. The third-order valence-electron chi connectivity index (χ3n) is 4.80. The van der Waals surface area contributed by atoms with E-state index in [9.17, 15) is 4.79 Å². The molecule has 0 aliphatic carbocycles. The van der Waals surface area contributed by atoms with Crippen LogP contribution in [0.3, 0.4) is 0 Å². The Bertz CT molecular complexity index is 942. The van der Waals surface area contributed by atoms with E-state index < -0.39 is 0 Å². The topological polar surface area (TPSA) is 37.6 Å². The Morgan fingerprint density at radius 2 is 1.86 bits per heavy atom. The van der Waals surface area contributed by atoms with Crippen molar-refractivity contribution in [2.75, 3.05) is 38.3 Å². The molecule has 1 heterocycles. The zero-order chi connectivity index (χ0) is 20.3. The molecule has 6 heteroatoms. The van der Waals surface area contributed by atoms with Gasteiger partial charge in [-0.05, 0) is 43.4 Å². The number of thioether (sulfide) groups is 1. The lowest BCUT2D eigenvalue weighted by Crippen LogP contribution is -3.05. The summed E-state index contributed by atoms with van der Waals surface area (Å²) in [5, 5.41) is 0.794. The van der Waals surface area contributed by atoms with Crippen LogP contribution in [0.5, 0.6) is 0 Å². The van der Waals surface area contributed by atoms with Gasteiger partial charge >= 0.3 is 0 Å². The largest absolute Gasteiger partial charge is 0.340 e. The van der Waals surface area contributed by atoms with Gasteiger partial charge in [0.25, 0.3) is 5.91 Å². The molecule has 0 spiro atoms. The smallest absolute Gasteiger partial charge is 0.261 e. The number of hydrogen-bond acceptors (Lipinski definition) is 4. The summed E-state index contributed by atoms with van der Waals surface area (Å²) in [4.78, 5) is 22.7. The third kappa shape index (κ3) is 4.40. The lowest BCUT2D eigenvalue weighted by molar-refractivity contribution is -0.858. The number of quaternary nitrogens is 1. The predicted molar refractivity (Wildman–Crippen MR) is 121 cm³/mol. The molecule has 4 nitrogen and oxygen atoms in total. The van der Waals surface area contributed by atoms with E-state index in [-0.39, 0.29) is 5.91 Å². The molecule has 1 N–H and O–H groups in total. The quantitative estimate of drug-likeness (QED) is 0.597. The lowest BCUT2D eigenvalue weighted by Gasteiger charge is -2.21. The van der Waals surface area contributed by atoms with E-state index in [4.69, 9.17) is 4.98 Å². The molecule has 0 aliphatic rings. The highest BCUT2D eigenvalue weighted by atomic mass is 32.2. The van der Waals surface area contributed by atoms with Gasteiger partial charge in [-0.15, -0.1) is 11.8 Å². The number of aryl methyl sites for hydroxylation is 2. The number of fused-ring (bicyclic) bond motifs is 1. The lowest BCUT2D eigenvalue weighted by atomic mass is 10.1. The Hall–Kier alpha value is -1.89. The summed E-state index contributed by atoms with van der Waals surface area (Å²) in [5.74, 6) is 0.0352. The Balaban J connectivity index is 2.03. The number of anilines is 1. The van der Waals surface area contributed by atoms with Gasteiger partial charge in [0.15, 0.2) is 5.13 Å². The Kier molecular flexibility index (Phi) is 6.75. The molecule has 2 aromatic carbocycles. The van der Waals surface area contributed by atoms with Gasteiger partial charge in [-0.3, -0.25) is 9.69 Å². The van der Waals surface area contributed by atoms with Gasteiger partial charge < -0.3 is 4.90 Å². The summed E-state index contributed by atoms with van der Waals surface area (Å²) in [5.41, 5.74) is 4.12. The van der Waals surface area contributed by atoms with E-state index in [1.54, 1.807) is 23.1 Å².